The Morgan fingerprint density at radius 1 is 1.22 bits per heavy atom. The van der Waals surface area contributed by atoms with E-state index in [-0.39, 0.29) is 25.0 Å². The predicted octanol–water partition coefficient (Wildman–Crippen LogP) is 3.04. The first kappa shape index (κ1) is 19.0. The number of nitrogens with one attached hydrogen (secondary N) is 1. The maximum Gasteiger partial charge on any atom is 0.265 e. The Labute approximate surface area is 163 Å². The highest BCUT2D eigenvalue weighted by molar-refractivity contribution is 6.32. The lowest BCUT2D eigenvalue weighted by Gasteiger charge is -2.34. The van der Waals surface area contributed by atoms with Gasteiger partial charge in [-0.3, -0.25) is 9.59 Å². The van der Waals surface area contributed by atoms with Crippen molar-refractivity contribution < 1.29 is 19.1 Å². The highest BCUT2D eigenvalue weighted by atomic mass is 35.5. The van der Waals surface area contributed by atoms with Crippen LogP contribution >= 0.6 is 11.6 Å². The molecule has 2 amide bonds. The van der Waals surface area contributed by atoms with Gasteiger partial charge in [0.2, 0.25) is 0 Å². The van der Waals surface area contributed by atoms with Gasteiger partial charge in [-0.1, -0.05) is 42.8 Å². The summed E-state index contributed by atoms with van der Waals surface area (Å²) in [6.45, 7) is 2.46. The van der Waals surface area contributed by atoms with E-state index < -0.39 is 6.10 Å². The zero-order valence-electron chi connectivity index (χ0n) is 15.0. The minimum Gasteiger partial charge on any atom is -0.482 e. The molecular weight excluding hydrogens is 368 g/mol. The van der Waals surface area contributed by atoms with Crippen molar-refractivity contribution >= 4 is 29.1 Å². The molecule has 27 heavy (non-hydrogen) atoms. The quantitative estimate of drug-likeness (QED) is 0.825. The number of carbonyl (C=O) groups is 2. The summed E-state index contributed by atoms with van der Waals surface area (Å²) in [6.07, 6.45) is 0.0549. The number of benzene rings is 2. The second-order valence-corrected chi connectivity index (χ2v) is 6.50. The molecule has 2 aromatic rings. The summed E-state index contributed by atoms with van der Waals surface area (Å²) >= 11 is 6.06. The van der Waals surface area contributed by atoms with Crippen LogP contribution in [0.2, 0.25) is 5.02 Å². The van der Waals surface area contributed by atoms with Crippen LogP contribution < -0.4 is 19.7 Å². The van der Waals surface area contributed by atoms with Crippen molar-refractivity contribution in [2.24, 2.45) is 0 Å². The predicted molar refractivity (Wildman–Crippen MR) is 103 cm³/mol. The van der Waals surface area contributed by atoms with Crippen LogP contribution in [0.5, 0.6) is 11.5 Å². The Kier molecular flexibility index (Phi) is 6.19. The van der Waals surface area contributed by atoms with E-state index >= 15 is 0 Å². The molecule has 1 N–H and O–H groups in total. The maximum absolute atomic E-state index is 12.8. The van der Waals surface area contributed by atoms with Crippen molar-refractivity contribution in [1.29, 1.82) is 0 Å². The van der Waals surface area contributed by atoms with Crippen molar-refractivity contribution in [2.45, 2.75) is 19.4 Å². The molecule has 0 aliphatic carbocycles. The summed E-state index contributed by atoms with van der Waals surface area (Å²) < 4.78 is 11.3. The van der Waals surface area contributed by atoms with Gasteiger partial charge in [-0.15, -0.1) is 0 Å². The van der Waals surface area contributed by atoms with Gasteiger partial charge in [0.05, 0.1) is 17.3 Å². The molecule has 0 bridgehead atoms. The zero-order chi connectivity index (χ0) is 19.2. The van der Waals surface area contributed by atoms with Gasteiger partial charge in [0.1, 0.15) is 11.5 Å². The molecule has 0 unspecified atom stereocenters. The van der Waals surface area contributed by atoms with Crippen LogP contribution in [0.1, 0.15) is 13.3 Å². The molecule has 0 radical (unpaired) electrons. The van der Waals surface area contributed by atoms with Crippen molar-refractivity contribution in [2.75, 3.05) is 24.6 Å². The van der Waals surface area contributed by atoms with Crippen molar-refractivity contribution in [3.63, 3.8) is 0 Å². The Bertz CT molecular complexity index is 827. The fourth-order valence-corrected chi connectivity index (χ4v) is 2.94. The summed E-state index contributed by atoms with van der Waals surface area (Å²) in [5.74, 6) is 0.410. The number of fused-ring (bicyclic) bond motifs is 1. The molecule has 6 nitrogen and oxygen atoms in total. The van der Waals surface area contributed by atoms with Gasteiger partial charge in [-0.2, -0.15) is 0 Å². The molecule has 3 rings (SSSR count). The first-order valence-electron chi connectivity index (χ1n) is 8.81. The van der Waals surface area contributed by atoms with E-state index in [1.165, 1.54) is 4.90 Å². The van der Waals surface area contributed by atoms with E-state index in [1.54, 1.807) is 42.5 Å². The standard InChI is InChI=1S/C20H21ClN2O4/c1-2-11-22-20(25)18-12-23(15-8-4-6-10-17(15)27-18)19(24)13-26-16-9-5-3-7-14(16)21/h3-10,18H,2,11-13H2,1H3,(H,22,25)/t18-/m1/s1. The fourth-order valence-electron chi connectivity index (χ4n) is 2.75. The molecular formula is C20H21ClN2O4. The van der Waals surface area contributed by atoms with Crippen molar-refractivity contribution in [3.8, 4) is 11.5 Å². The van der Waals surface area contributed by atoms with Gasteiger partial charge in [0.25, 0.3) is 11.8 Å². The number of halogens is 1. The number of carbonyl (C=O) groups excluding carboxylic acids is 2. The summed E-state index contributed by atoms with van der Waals surface area (Å²) in [7, 11) is 0. The molecule has 142 valence electrons. The molecule has 0 fully saturated rings. The number of amides is 2. The third-order valence-electron chi connectivity index (χ3n) is 4.10. The molecule has 1 aliphatic rings. The summed E-state index contributed by atoms with van der Waals surface area (Å²) in [5, 5.41) is 3.24. The Hall–Kier alpha value is -2.73. The first-order chi connectivity index (χ1) is 13.1. The Morgan fingerprint density at radius 2 is 1.96 bits per heavy atom. The number of nitrogens with zero attached hydrogens (tertiary/aromatic N) is 1. The Balaban J connectivity index is 1.74. The number of para-hydroxylation sites is 3. The number of anilines is 1. The van der Waals surface area contributed by atoms with Gasteiger partial charge in [-0.05, 0) is 30.7 Å². The van der Waals surface area contributed by atoms with Crippen LogP contribution in [-0.4, -0.2) is 37.6 Å². The zero-order valence-corrected chi connectivity index (χ0v) is 15.7. The number of ether oxygens (including phenoxy) is 2. The molecule has 7 heteroatoms. The number of hydrogen-bond acceptors (Lipinski definition) is 4. The molecule has 0 saturated heterocycles. The van der Waals surface area contributed by atoms with E-state index in [2.05, 4.69) is 5.32 Å². The monoisotopic (exact) mass is 388 g/mol. The van der Waals surface area contributed by atoms with E-state index in [4.69, 9.17) is 21.1 Å². The third kappa shape index (κ3) is 4.52. The van der Waals surface area contributed by atoms with Gasteiger partial charge in [0.15, 0.2) is 12.7 Å². The average Bonchev–Trinajstić information content (AvgIpc) is 2.70. The first-order valence-corrected chi connectivity index (χ1v) is 9.19. The van der Waals surface area contributed by atoms with Gasteiger partial charge in [-0.25, -0.2) is 0 Å². The highest BCUT2D eigenvalue weighted by Crippen LogP contribution is 2.33. The summed E-state index contributed by atoms with van der Waals surface area (Å²) in [6, 6.07) is 14.1. The molecule has 0 saturated carbocycles. The topological polar surface area (TPSA) is 67.9 Å². The average molecular weight is 389 g/mol. The van der Waals surface area contributed by atoms with Crippen molar-refractivity contribution in [1.82, 2.24) is 5.32 Å². The highest BCUT2D eigenvalue weighted by Gasteiger charge is 2.33. The molecule has 1 aliphatic heterocycles. The number of rotatable bonds is 6. The van der Waals surface area contributed by atoms with Crippen LogP contribution in [-0.2, 0) is 9.59 Å². The lowest BCUT2D eigenvalue weighted by Crippen LogP contribution is -2.51. The minimum atomic E-state index is -0.768. The number of hydrogen-bond donors (Lipinski definition) is 1. The van der Waals surface area contributed by atoms with E-state index in [0.29, 0.717) is 28.8 Å². The molecule has 0 aromatic heterocycles. The van der Waals surface area contributed by atoms with Gasteiger partial charge >= 0.3 is 0 Å². The lowest BCUT2D eigenvalue weighted by atomic mass is 10.1. The summed E-state index contributed by atoms with van der Waals surface area (Å²) in [5.41, 5.74) is 0.616. The van der Waals surface area contributed by atoms with E-state index in [1.807, 2.05) is 13.0 Å². The van der Waals surface area contributed by atoms with Crippen LogP contribution in [0.15, 0.2) is 48.5 Å². The smallest absolute Gasteiger partial charge is 0.265 e. The molecule has 1 heterocycles. The van der Waals surface area contributed by atoms with Gasteiger partial charge in [0, 0.05) is 6.54 Å². The summed E-state index contributed by atoms with van der Waals surface area (Å²) in [4.78, 5) is 26.7. The van der Waals surface area contributed by atoms with Crippen LogP contribution in [0.3, 0.4) is 0 Å². The third-order valence-corrected chi connectivity index (χ3v) is 4.42. The molecule has 1 atom stereocenters. The second kappa shape index (κ2) is 8.77. The largest absolute Gasteiger partial charge is 0.482 e. The molecule has 2 aromatic carbocycles. The van der Waals surface area contributed by atoms with Crippen LogP contribution in [0, 0.1) is 0 Å². The van der Waals surface area contributed by atoms with E-state index in [9.17, 15) is 9.59 Å². The lowest BCUT2D eigenvalue weighted by molar-refractivity contribution is -0.128. The Morgan fingerprint density at radius 3 is 2.74 bits per heavy atom. The van der Waals surface area contributed by atoms with Crippen LogP contribution in [0.25, 0.3) is 0 Å². The van der Waals surface area contributed by atoms with Crippen molar-refractivity contribution in [3.05, 3.63) is 53.6 Å². The van der Waals surface area contributed by atoms with E-state index in [0.717, 1.165) is 6.42 Å². The molecule has 0 spiro atoms. The second-order valence-electron chi connectivity index (χ2n) is 6.09. The maximum atomic E-state index is 12.8. The fraction of sp³-hybridized carbons (Fsp3) is 0.300. The minimum absolute atomic E-state index is 0.122. The normalized spacial score (nSPS) is 15.5. The van der Waals surface area contributed by atoms with Crippen LogP contribution in [0.4, 0.5) is 5.69 Å². The van der Waals surface area contributed by atoms with Gasteiger partial charge < -0.3 is 19.7 Å². The SMILES string of the molecule is CCCNC(=O)[C@H]1CN(C(=O)COc2ccccc2Cl)c2ccccc2O1.